The molecule has 1 unspecified atom stereocenters. The molecule has 1 atom stereocenters. The number of rotatable bonds is 5. The fourth-order valence-electron chi connectivity index (χ4n) is 4.12. The summed E-state index contributed by atoms with van der Waals surface area (Å²) in [5.41, 5.74) is 1.84. The van der Waals surface area contributed by atoms with E-state index in [1.54, 1.807) is 29.2 Å². The second kappa shape index (κ2) is 9.02. The van der Waals surface area contributed by atoms with Gasteiger partial charge < -0.3 is 4.74 Å². The Morgan fingerprint density at radius 1 is 1.14 bits per heavy atom. The molecule has 29 heavy (non-hydrogen) atoms. The average molecular weight is 482 g/mol. The average Bonchev–Trinajstić information content (AvgIpc) is 3.07. The summed E-state index contributed by atoms with van der Waals surface area (Å²) in [6.07, 6.45) is 2.57. The molecule has 154 valence electrons. The van der Waals surface area contributed by atoms with Crippen molar-refractivity contribution in [3.05, 3.63) is 63.3 Å². The molecular formula is C22H23BrClFN2O2. The van der Waals surface area contributed by atoms with Crippen LogP contribution in [0.25, 0.3) is 0 Å². The van der Waals surface area contributed by atoms with Crippen LogP contribution in [0.15, 0.2) is 46.9 Å². The van der Waals surface area contributed by atoms with Crippen LogP contribution in [0.5, 0.6) is 0 Å². The molecule has 2 heterocycles. The van der Waals surface area contributed by atoms with Crippen molar-refractivity contribution in [1.82, 2.24) is 4.90 Å². The summed E-state index contributed by atoms with van der Waals surface area (Å²) in [5, 5.41) is 0.644. The predicted molar refractivity (Wildman–Crippen MR) is 116 cm³/mol. The highest BCUT2D eigenvalue weighted by Crippen LogP contribution is 2.28. The Labute approximate surface area is 183 Å². The molecule has 0 saturated carbocycles. The third-order valence-electron chi connectivity index (χ3n) is 5.70. The Bertz CT molecular complexity index is 872. The number of carbonyl (C=O) groups excluding carboxylic acids is 1. The fraction of sp³-hybridized carbons (Fsp3) is 0.409. The summed E-state index contributed by atoms with van der Waals surface area (Å²) in [7, 11) is 0. The van der Waals surface area contributed by atoms with Crippen LogP contribution in [0.1, 0.15) is 18.4 Å². The van der Waals surface area contributed by atoms with Crippen LogP contribution in [0, 0.1) is 11.7 Å². The molecule has 2 aromatic rings. The van der Waals surface area contributed by atoms with Gasteiger partial charge in [0.05, 0.1) is 6.54 Å². The van der Waals surface area contributed by atoms with Crippen LogP contribution in [0.3, 0.4) is 0 Å². The molecule has 2 aliphatic rings. The number of nitrogens with zero attached hydrogens (tertiary/aromatic N) is 2. The summed E-state index contributed by atoms with van der Waals surface area (Å²) < 4.78 is 20.1. The zero-order chi connectivity index (χ0) is 20.4. The number of carbonyl (C=O) groups is 1. The standard InChI is InChI=1S/C22H23BrClFN2O2/c23-21-6-3-18(25)12-16(21)11-15-7-9-26(10-8-15)13-20-14-27(22(28)29-20)19-4-1-17(24)2-5-19/h1-6,12,15,20H,7-11,13-14H2. The molecule has 4 nitrogen and oxygen atoms in total. The number of cyclic esters (lactones) is 1. The van der Waals surface area contributed by atoms with Crippen LogP contribution in [0.2, 0.25) is 5.02 Å². The zero-order valence-electron chi connectivity index (χ0n) is 16.0. The first-order valence-electron chi connectivity index (χ1n) is 9.88. The number of amides is 1. The van der Waals surface area contributed by atoms with Crippen molar-refractivity contribution in [2.45, 2.75) is 25.4 Å². The van der Waals surface area contributed by atoms with E-state index >= 15 is 0 Å². The Hall–Kier alpha value is -1.63. The van der Waals surface area contributed by atoms with Gasteiger partial charge in [-0.1, -0.05) is 27.5 Å². The van der Waals surface area contributed by atoms with Crippen LogP contribution >= 0.6 is 27.5 Å². The van der Waals surface area contributed by atoms with Crippen LogP contribution < -0.4 is 4.90 Å². The first-order valence-corrected chi connectivity index (χ1v) is 11.0. The Kier molecular flexibility index (Phi) is 6.42. The summed E-state index contributed by atoms with van der Waals surface area (Å²) >= 11 is 9.45. The molecule has 0 bridgehead atoms. The van der Waals surface area contributed by atoms with Gasteiger partial charge in [-0.25, -0.2) is 9.18 Å². The molecule has 2 aliphatic heterocycles. The molecule has 0 radical (unpaired) electrons. The van der Waals surface area contributed by atoms with E-state index < -0.39 is 0 Å². The van der Waals surface area contributed by atoms with E-state index in [1.807, 2.05) is 12.1 Å². The van der Waals surface area contributed by atoms with Crippen molar-refractivity contribution >= 4 is 39.3 Å². The molecule has 0 N–H and O–H groups in total. The molecule has 2 aromatic carbocycles. The number of anilines is 1. The normalized spacial score (nSPS) is 20.9. The molecule has 0 aliphatic carbocycles. The second-order valence-electron chi connectivity index (χ2n) is 7.78. The van der Waals surface area contributed by atoms with Gasteiger partial charge in [-0.15, -0.1) is 0 Å². The van der Waals surface area contributed by atoms with E-state index in [-0.39, 0.29) is 18.0 Å². The Balaban J connectivity index is 1.27. The Morgan fingerprint density at radius 3 is 2.59 bits per heavy atom. The SMILES string of the molecule is O=C1OC(CN2CCC(Cc3cc(F)ccc3Br)CC2)CN1c1ccc(Cl)cc1. The number of hydrogen-bond donors (Lipinski definition) is 0. The van der Waals surface area contributed by atoms with Gasteiger partial charge in [0.2, 0.25) is 0 Å². The highest BCUT2D eigenvalue weighted by atomic mass is 79.9. The quantitative estimate of drug-likeness (QED) is 0.564. The third-order valence-corrected chi connectivity index (χ3v) is 6.72. The maximum atomic E-state index is 13.5. The molecular weight excluding hydrogens is 459 g/mol. The number of likely N-dealkylation sites (tertiary alicyclic amines) is 1. The highest BCUT2D eigenvalue weighted by Gasteiger charge is 2.34. The fourth-order valence-corrected chi connectivity index (χ4v) is 4.65. The van der Waals surface area contributed by atoms with Gasteiger partial charge in [0.25, 0.3) is 0 Å². The van der Waals surface area contributed by atoms with Crippen molar-refractivity contribution in [2.24, 2.45) is 5.92 Å². The molecule has 4 rings (SSSR count). The molecule has 0 spiro atoms. The summed E-state index contributed by atoms with van der Waals surface area (Å²) in [6.45, 7) is 3.22. The molecule has 1 amide bonds. The molecule has 2 fully saturated rings. The topological polar surface area (TPSA) is 32.8 Å². The van der Waals surface area contributed by atoms with E-state index in [1.165, 1.54) is 6.07 Å². The van der Waals surface area contributed by atoms with Gasteiger partial charge in [-0.3, -0.25) is 9.80 Å². The maximum Gasteiger partial charge on any atom is 0.414 e. The number of ether oxygens (including phenoxy) is 1. The van der Waals surface area contributed by atoms with E-state index in [2.05, 4.69) is 20.8 Å². The van der Waals surface area contributed by atoms with Crippen LogP contribution in [-0.4, -0.2) is 43.3 Å². The summed E-state index contributed by atoms with van der Waals surface area (Å²) in [5.74, 6) is 0.356. The molecule has 2 saturated heterocycles. The smallest absolute Gasteiger partial charge is 0.414 e. The van der Waals surface area contributed by atoms with Gasteiger partial charge in [-0.05, 0) is 86.3 Å². The van der Waals surface area contributed by atoms with Crippen molar-refractivity contribution in [3.63, 3.8) is 0 Å². The van der Waals surface area contributed by atoms with E-state index in [4.69, 9.17) is 16.3 Å². The number of hydrogen-bond acceptors (Lipinski definition) is 3. The molecule has 7 heteroatoms. The minimum absolute atomic E-state index is 0.132. The van der Waals surface area contributed by atoms with Crippen molar-refractivity contribution in [2.75, 3.05) is 31.1 Å². The Morgan fingerprint density at radius 2 is 1.86 bits per heavy atom. The lowest BCUT2D eigenvalue weighted by Gasteiger charge is -2.33. The van der Waals surface area contributed by atoms with Gasteiger partial charge in [0, 0.05) is 21.7 Å². The summed E-state index contributed by atoms with van der Waals surface area (Å²) in [6, 6.07) is 12.1. The number of benzene rings is 2. The van der Waals surface area contributed by atoms with Crippen molar-refractivity contribution in [1.29, 1.82) is 0 Å². The largest absolute Gasteiger partial charge is 0.443 e. The number of piperidine rings is 1. The van der Waals surface area contributed by atoms with Gasteiger partial charge in [0.1, 0.15) is 11.9 Å². The lowest BCUT2D eigenvalue weighted by molar-refractivity contribution is 0.0914. The number of halogens is 3. The van der Waals surface area contributed by atoms with Gasteiger partial charge in [0.15, 0.2) is 0 Å². The van der Waals surface area contributed by atoms with Crippen LogP contribution in [0.4, 0.5) is 14.9 Å². The van der Waals surface area contributed by atoms with Gasteiger partial charge in [-0.2, -0.15) is 0 Å². The lowest BCUT2D eigenvalue weighted by atomic mass is 9.90. The van der Waals surface area contributed by atoms with Crippen LogP contribution in [-0.2, 0) is 11.2 Å². The first kappa shape index (κ1) is 20.6. The monoisotopic (exact) mass is 480 g/mol. The van der Waals surface area contributed by atoms with Crippen molar-refractivity contribution in [3.8, 4) is 0 Å². The minimum Gasteiger partial charge on any atom is -0.443 e. The lowest BCUT2D eigenvalue weighted by Crippen LogP contribution is -2.40. The second-order valence-corrected chi connectivity index (χ2v) is 9.07. The van der Waals surface area contributed by atoms with E-state index in [9.17, 15) is 9.18 Å². The maximum absolute atomic E-state index is 13.5. The van der Waals surface area contributed by atoms with E-state index in [0.717, 1.165) is 54.6 Å². The molecule has 0 aromatic heterocycles. The minimum atomic E-state index is -0.303. The highest BCUT2D eigenvalue weighted by molar-refractivity contribution is 9.10. The van der Waals surface area contributed by atoms with Crippen molar-refractivity contribution < 1.29 is 13.9 Å². The third kappa shape index (κ3) is 5.11. The van der Waals surface area contributed by atoms with Gasteiger partial charge >= 0.3 is 6.09 Å². The van der Waals surface area contributed by atoms with E-state index in [0.29, 0.717) is 17.5 Å². The zero-order valence-corrected chi connectivity index (χ0v) is 18.3. The summed E-state index contributed by atoms with van der Waals surface area (Å²) in [4.78, 5) is 16.3. The predicted octanol–water partition coefficient (Wildman–Crippen LogP) is 5.52. The first-order chi connectivity index (χ1) is 14.0.